The van der Waals surface area contributed by atoms with Gasteiger partial charge in [0.05, 0.1) is 37.3 Å². The zero-order valence-corrected chi connectivity index (χ0v) is 16.7. The van der Waals surface area contributed by atoms with Crippen molar-refractivity contribution in [2.45, 2.75) is 5.37 Å². The van der Waals surface area contributed by atoms with Crippen LogP contribution in [0.4, 0.5) is 5.13 Å². The summed E-state index contributed by atoms with van der Waals surface area (Å²) < 4.78 is 17.0. The maximum absolute atomic E-state index is 12.6. The Balaban J connectivity index is 1.73. The van der Waals surface area contributed by atoms with Crippen LogP contribution in [0, 0.1) is 0 Å². The number of hydrogen-bond donors (Lipinski definition) is 0. The molecule has 140 valence electrons. The van der Waals surface area contributed by atoms with Crippen molar-refractivity contribution < 1.29 is 19.0 Å². The van der Waals surface area contributed by atoms with E-state index in [4.69, 9.17) is 14.2 Å². The second-order valence-corrected chi connectivity index (χ2v) is 7.95. The third kappa shape index (κ3) is 3.19. The van der Waals surface area contributed by atoms with Crippen LogP contribution in [0.3, 0.4) is 0 Å². The zero-order chi connectivity index (χ0) is 19.0. The first kappa shape index (κ1) is 17.9. The van der Waals surface area contributed by atoms with Crippen LogP contribution in [0.5, 0.6) is 17.2 Å². The molecular weight excluding hydrogens is 384 g/mol. The highest BCUT2D eigenvalue weighted by Crippen LogP contribution is 2.45. The molecule has 1 aromatic heterocycles. The van der Waals surface area contributed by atoms with Gasteiger partial charge in [-0.25, -0.2) is 4.98 Å². The number of hydrogen-bond acceptors (Lipinski definition) is 7. The summed E-state index contributed by atoms with van der Waals surface area (Å²) in [7, 11) is 4.84. The molecule has 2 aromatic carbocycles. The van der Waals surface area contributed by atoms with Gasteiger partial charge in [-0.15, -0.1) is 11.8 Å². The molecule has 2 heterocycles. The summed E-state index contributed by atoms with van der Waals surface area (Å²) in [6, 6.07) is 11.5. The summed E-state index contributed by atoms with van der Waals surface area (Å²) in [5, 5.41) is 0.535. The van der Waals surface area contributed by atoms with Crippen LogP contribution in [-0.4, -0.2) is 38.0 Å². The number of amides is 1. The second kappa shape index (κ2) is 7.28. The minimum Gasteiger partial charge on any atom is -0.497 e. The van der Waals surface area contributed by atoms with Crippen LogP contribution < -0.4 is 19.1 Å². The van der Waals surface area contributed by atoms with Crippen molar-refractivity contribution in [1.82, 2.24) is 4.98 Å². The number of ether oxygens (including phenoxy) is 3. The van der Waals surface area contributed by atoms with Gasteiger partial charge in [-0.05, 0) is 35.9 Å². The van der Waals surface area contributed by atoms with E-state index in [2.05, 4.69) is 4.98 Å². The Bertz CT molecular complexity index is 1000. The highest BCUT2D eigenvalue weighted by Gasteiger charge is 2.36. The lowest BCUT2D eigenvalue weighted by atomic mass is 10.2. The summed E-state index contributed by atoms with van der Waals surface area (Å²) >= 11 is 3.07. The van der Waals surface area contributed by atoms with Crippen LogP contribution in [0.2, 0.25) is 0 Å². The average molecular weight is 402 g/mol. The molecule has 0 spiro atoms. The molecule has 1 saturated heterocycles. The fraction of sp³-hybridized carbons (Fsp3) is 0.263. The quantitative estimate of drug-likeness (QED) is 0.640. The Kier molecular flexibility index (Phi) is 4.84. The van der Waals surface area contributed by atoms with Crippen molar-refractivity contribution >= 4 is 44.4 Å². The molecule has 1 aliphatic rings. The molecular formula is C19H18N2O4S2. The van der Waals surface area contributed by atoms with Gasteiger partial charge in [-0.2, -0.15) is 0 Å². The first-order chi connectivity index (χ1) is 13.1. The molecule has 27 heavy (non-hydrogen) atoms. The lowest BCUT2D eigenvalue weighted by Crippen LogP contribution is -2.27. The van der Waals surface area contributed by atoms with Crippen molar-refractivity contribution in [3.05, 3.63) is 42.0 Å². The molecule has 3 aromatic rings. The summed E-state index contributed by atoms with van der Waals surface area (Å²) in [6.45, 7) is 0. The third-order valence-corrected chi connectivity index (χ3v) is 6.58. The van der Waals surface area contributed by atoms with Crippen molar-refractivity contribution in [2.75, 3.05) is 32.0 Å². The Morgan fingerprint density at radius 1 is 1.04 bits per heavy atom. The third-order valence-electron chi connectivity index (χ3n) is 4.35. The van der Waals surface area contributed by atoms with Gasteiger partial charge in [0.15, 0.2) is 16.6 Å². The lowest BCUT2D eigenvalue weighted by molar-refractivity contribution is -0.115. The minimum atomic E-state index is -0.153. The van der Waals surface area contributed by atoms with Crippen molar-refractivity contribution in [2.24, 2.45) is 0 Å². The standard InChI is InChI=1S/C19H18N2O4S2/c1-23-12-5-6-13-16(9-12)27-19(20-13)21-17(22)10-26-18(21)11-4-7-14(24-2)15(8-11)25-3/h4-9,18H,10H2,1-3H3/t18-/m0/s1. The van der Waals surface area contributed by atoms with E-state index in [-0.39, 0.29) is 11.3 Å². The SMILES string of the molecule is COc1ccc2nc(N3C(=O)CS[C@H]3c3ccc(OC)c(OC)c3)sc2c1. The van der Waals surface area contributed by atoms with E-state index in [1.54, 1.807) is 38.0 Å². The van der Waals surface area contributed by atoms with E-state index in [1.807, 2.05) is 36.4 Å². The molecule has 0 aliphatic carbocycles. The van der Waals surface area contributed by atoms with Crippen LogP contribution in [-0.2, 0) is 4.79 Å². The van der Waals surface area contributed by atoms with Crippen molar-refractivity contribution in [3.63, 3.8) is 0 Å². The van der Waals surface area contributed by atoms with E-state index in [1.165, 1.54) is 11.3 Å². The first-order valence-corrected chi connectivity index (χ1v) is 10.1. The molecule has 0 N–H and O–H groups in total. The number of nitrogens with zero attached hydrogens (tertiary/aromatic N) is 2. The number of rotatable bonds is 5. The molecule has 1 atom stereocenters. The number of anilines is 1. The number of fused-ring (bicyclic) bond motifs is 1. The number of carbonyl (C=O) groups excluding carboxylic acids is 1. The molecule has 0 saturated carbocycles. The van der Waals surface area contributed by atoms with Gasteiger partial charge in [0.1, 0.15) is 11.1 Å². The Morgan fingerprint density at radius 2 is 1.85 bits per heavy atom. The fourth-order valence-corrected chi connectivity index (χ4v) is 5.26. The fourth-order valence-electron chi connectivity index (χ4n) is 3.01. The summed E-state index contributed by atoms with van der Waals surface area (Å²) in [6.07, 6.45) is 0. The van der Waals surface area contributed by atoms with E-state index < -0.39 is 0 Å². The van der Waals surface area contributed by atoms with E-state index in [0.29, 0.717) is 22.4 Å². The van der Waals surface area contributed by atoms with Gasteiger partial charge < -0.3 is 14.2 Å². The van der Waals surface area contributed by atoms with E-state index in [0.717, 1.165) is 21.5 Å². The molecule has 8 heteroatoms. The molecule has 4 rings (SSSR count). The molecule has 1 aliphatic heterocycles. The molecule has 6 nitrogen and oxygen atoms in total. The molecule has 0 radical (unpaired) electrons. The van der Waals surface area contributed by atoms with Crippen molar-refractivity contribution in [3.8, 4) is 17.2 Å². The minimum absolute atomic E-state index is 0.0470. The number of thiazole rings is 1. The number of thioether (sulfide) groups is 1. The Labute approximate surface area is 165 Å². The van der Waals surface area contributed by atoms with Gasteiger partial charge >= 0.3 is 0 Å². The highest BCUT2D eigenvalue weighted by molar-refractivity contribution is 8.00. The van der Waals surface area contributed by atoms with Gasteiger partial charge in [-0.1, -0.05) is 17.4 Å². The smallest absolute Gasteiger partial charge is 0.240 e. The van der Waals surface area contributed by atoms with Crippen LogP contribution in [0.25, 0.3) is 10.2 Å². The molecule has 0 unspecified atom stereocenters. The summed E-state index contributed by atoms with van der Waals surface area (Å²) in [4.78, 5) is 19.1. The number of aromatic nitrogens is 1. The molecule has 1 fully saturated rings. The maximum atomic E-state index is 12.6. The van der Waals surface area contributed by atoms with Gasteiger partial charge in [0.25, 0.3) is 0 Å². The predicted molar refractivity (Wildman–Crippen MR) is 108 cm³/mol. The normalized spacial score (nSPS) is 16.8. The van der Waals surface area contributed by atoms with Gasteiger partial charge in [-0.3, -0.25) is 9.69 Å². The first-order valence-electron chi connectivity index (χ1n) is 8.24. The monoisotopic (exact) mass is 402 g/mol. The van der Waals surface area contributed by atoms with Crippen LogP contribution in [0.1, 0.15) is 10.9 Å². The number of carbonyl (C=O) groups is 1. The molecule has 1 amide bonds. The van der Waals surface area contributed by atoms with Crippen LogP contribution >= 0.6 is 23.1 Å². The highest BCUT2D eigenvalue weighted by atomic mass is 32.2. The topological polar surface area (TPSA) is 60.9 Å². The summed E-state index contributed by atoms with van der Waals surface area (Å²) in [5.74, 6) is 2.54. The number of benzene rings is 2. The van der Waals surface area contributed by atoms with E-state index >= 15 is 0 Å². The van der Waals surface area contributed by atoms with Gasteiger partial charge in [0, 0.05) is 0 Å². The maximum Gasteiger partial charge on any atom is 0.240 e. The van der Waals surface area contributed by atoms with Crippen molar-refractivity contribution in [1.29, 1.82) is 0 Å². The Hall–Kier alpha value is -2.45. The summed E-state index contributed by atoms with van der Waals surface area (Å²) in [5.41, 5.74) is 1.83. The van der Waals surface area contributed by atoms with Gasteiger partial charge in [0.2, 0.25) is 5.91 Å². The zero-order valence-electron chi connectivity index (χ0n) is 15.1. The largest absolute Gasteiger partial charge is 0.497 e. The Morgan fingerprint density at radius 3 is 2.59 bits per heavy atom. The number of methoxy groups -OCH3 is 3. The van der Waals surface area contributed by atoms with E-state index in [9.17, 15) is 4.79 Å². The molecule has 0 bridgehead atoms. The predicted octanol–water partition coefficient (Wildman–Crippen LogP) is 4.10. The van der Waals surface area contributed by atoms with Crippen LogP contribution in [0.15, 0.2) is 36.4 Å². The second-order valence-electron chi connectivity index (χ2n) is 5.87. The lowest BCUT2D eigenvalue weighted by Gasteiger charge is -2.22. The average Bonchev–Trinajstić information content (AvgIpc) is 3.29.